The van der Waals surface area contributed by atoms with Gasteiger partial charge in [-0.15, -0.1) is 18.2 Å². The predicted molar refractivity (Wildman–Crippen MR) is 61.1 cm³/mol. The van der Waals surface area contributed by atoms with Crippen molar-refractivity contribution >= 4 is 40.0 Å². The first-order valence-electron chi connectivity index (χ1n) is 3.66. The molecule has 1 unspecified atom stereocenters. The van der Waals surface area contributed by atoms with E-state index < -0.39 is 0 Å². The summed E-state index contributed by atoms with van der Waals surface area (Å²) >= 11 is 12.2. The normalized spacial score (nSPS) is 12.7. The molecule has 0 amide bonds. The molecule has 0 aromatic rings. The summed E-state index contributed by atoms with van der Waals surface area (Å²) in [6, 6.07) is 0. The van der Waals surface area contributed by atoms with Crippen molar-refractivity contribution in [3.63, 3.8) is 0 Å². The molecule has 0 saturated carbocycles. The Morgan fingerprint density at radius 2 is 2.33 bits per heavy atom. The molecule has 0 aliphatic carbocycles. The van der Waals surface area contributed by atoms with Crippen LogP contribution in [0.25, 0.3) is 0 Å². The second-order valence-electron chi connectivity index (χ2n) is 2.48. The number of rotatable bonds is 4. The molecule has 0 aromatic carbocycles. The maximum Gasteiger partial charge on any atom is 0.220 e. The molecule has 0 N–H and O–H groups in total. The van der Waals surface area contributed by atoms with Crippen LogP contribution < -0.4 is 0 Å². The Morgan fingerprint density at radius 3 is 2.75 bits per heavy atom. The van der Waals surface area contributed by atoms with E-state index in [2.05, 4.69) is 6.58 Å². The van der Waals surface area contributed by atoms with E-state index in [1.807, 2.05) is 13.8 Å². The maximum absolute atomic E-state index is 5.79. The second-order valence-corrected chi connectivity index (χ2v) is 4.66. The van der Waals surface area contributed by atoms with Crippen LogP contribution in [-0.4, -0.2) is 21.6 Å². The summed E-state index contributed by atoms with van der Waals surface area (Å²) in [6.07, 6.45) is 1.83. The van der Waals surface area contributed by atoms with Crippen LogP contribution in [0.5, 0.6) is 0 Å². The van der Waals surface area contributed by atoms with Crippen molar-refractivity contribution in [2.45, 2.75) is 25.3 Å². The van der Waals surface area contributed by atoms with E-state index in [0.29, 0.717) is 4.38 Å². The molecule has 70 valence electrons. The topological polar surface area (TPSA) is 9.23 Å². The molecule has 1 atom stereocenters. The highest BCUT2D eigenvalue weighted by Crippen LogP contribution is 2.13. The van der Waals surface area contributed by atoms with Gasteiger partial charge in [0.05, 0.1) is 11.5 Å². The van der Waals surface area contributed by atoms with Gasteiger partial charge in [0.2, 0.25) is 4.38 Å². The molecule has 0 bridgehead atoms. The molecule has 0 radical (unpaired) electrons. The first-order valence-corrected chi connectivity index (χ1v) is 5.49. The average Bonchev–Trinajstić information content (AvgIpc) is 1.99. The third-order valence-corrected chi connectivity index (χ3v) is 2.77. The highest BCUT2D eigenvalue weighted by atomic mass is 35.5. The first kappa shape index (κ1) is 12.3. The van der Waals surface area contributed by atoms with Crippen LogP contribution >= 0.6 is 35.6 Å². The molecule has 0 saturated heterocycles. The smallest absolute Gasteiger partial charge is 0.220 e. The first-order chi connectivity index (χ1) is 5.56. The molecule has 0 aliphatic heterocycles. The molecule has 0 fully saturated rings. The summed E-state index contributed by atoms with van der Waals surface area (Å²) in [4.78, 5) is 0. The molecular weight excluding hydrogens is 212 g/mol. The van der Waals surface area contributed by atoms with Crippen LogP contribution in [0.1, 0.15) is 13.8 Å². The third kappa shape index (κ3) is 6.95. The number of thioether (sulfide) groups is 1. The van der Waals surface area contributed by atoms with Crippen molar-refractivity contribution in [1.82, 2.24) is 0 Å². The molecule has 0 spiro atoms. The van der Waals surface area contributed by atoms with Crippen molar-refractivity contribution in [2.75, 3.05) is 5.75 Å². The zero-order valence-electron chi connectivity index (χ0n) is 7.25. The Kier molecular flexibility index (Phi) is 6.90. The van der Waals surface area contributed by atoms with Crippen molar-refractivity contribution in [1.29, 1.82) is 0 Å². The molecule has 1 nitrogen and oxygen atoms in total. The van der Waals surface area contributed by atoms with Gasteiger partial charge in [-0.05, 0) is 26.1 Å². The van der Waals surface area contributed by atoms with Gasteiger partial charge in [-0.2, -0.15) is 0 Å². The fourth-order valence-corrected chi connectivity index (χ4v) is 1.72. The van der Waals surface area contributed by atoms with E-state index >= 15 is 0 Å². The van der Waals surface area contributed by atoms with Crippen LogP contribution in [0, 0.1) is 0 Å². The summed E-state index contributed by atoms with van der Waals surface area (Å²) in [5, 5.41) is -0.0382. The molecular formula is C8H13ClOS2. The summed E-state index contributed by atoms with van der Waals surface area (Å²) in [5.41, 5.74) is 0. The summed E-state index contributed by atoms with van der Waals surface area (Å²) < 4.78 is 5.80. The SMILES string of the molecule is C=CC(Cl)CSC(=S)OC(C)C. The minimum absolute atomic E-state index is 0.0382. The Hall–Kier alpha value is 0.270. The van der Waals surface area contributed by atoms with Crippen molar-refractivity contribution in [3.8, 4) is 0 Å². The largest absolute Gasteiger partial charge is 0.476 e. The van der Waals surface area contributed by atoms with Gasteiger partial charge in [0.25, 0.3) is 0 Å². The van der Waals surface area contributed by atoms with Crippen LogP contribution in [0.4, 0.5) is 0 Å². The van der Waals surface area contributed by atoms with Crippen LogP contribution in [0.3, 0.4) is 0 Å². The van der Waals surface area contributed by atoms with Gasteiger partial charge in [-0.3, -0.25) is 0 Å². The lowest BCUT2D eigenvalue weighted by atomic mass is 10.5. The highest BCUT2D eigenvalue weighted by molar-refractivity contribution is 8.22. The molecule has 0 heterocycles. The van der Waals surface area contributed by atoms with Gasteiger partial charge in [0, 0.05) is 5.75 Å². The summed E-state index contributed by atoms with van der Waals surface area (Å²) in [6.45, 7) is 7.46. The van der Waals surface area contributed by atoms with Crippen molar-refractivity contribution in [3.05, 3.63) is 12.7 Å². The molecule has 0 rings (SSSR count). The Bertz CT molecular complexity index is 159. The van der Waals surface area contributed by atoms with E-state index in [0.717, 1.165) is 5.75 Å². The van der Waals surface area contributed by atoms with Gasteiger partial charge in [0.1, 0.15) is 0 Å². The lowest BCUT2D eigenvalue weighted by molar-refractivity contribution is 0.243. The molecule has 0 aromatic heterocycles. The summed E-state index contributed by atoms with van der Waals surface area (Å²) in [5.74, 6) is 0.719. The number of halogens is 1. The van der Waals surface area contributed by atoms with E-state index in [1.165, 1.54) is 11.8 Å². The highest BCUT2D eigenvalue weighted by Gasteiger charge is 2.04. The van der Waals surface area contributed by atoms with Gasteiger partial charge in [0.15, 0.2) is 0 Å². The number of hydrogen-bond acceptors (Lipinski definition) is 3. The molecule has 12 heavy (non-hydrogen) atoms. The van der Waals surface area contributed by atoms with Gasteiger partial charge < -0.3 is 4.74 Å². The Morgan fingerprint density at radius 1 is 1.75 bits per heavy atom. The molecule has 0 aliphatic rings. The second kappa shape index (κ2) is 6.75. The van der Waals surface area contributed by atoms with Gasteiger partial charge in [-0.25, -0.2) is 0 Å². The van der Waals surface area contributed by atoms with Crippen molar-refractivity contribution < 1.29 is 4.74 Å². The lowest BCUT2D eigenvalue weighted by Crippen LogP contribution is -2.08. The van der Waals surface area contributed by atoms with E-state index in [-0.39, 0.29) is 11.5 Å². The van der Waals surface area contributed by atoms with Gasteiger partial charge in [-0.1, -0.05) is 17.8 Å². The Labute approximate surface area is 88.5 Å². The fraction of sp³-hybridized carbons (Fsp3) is 0.625. The zero-order valence-corrected chi connectivity index (χ0v) is 9.64. The monoisotopic (exact) mass is 224 g/mol. The fourth-order valence-electron chi connectivity index (χ4n) is 0.442. The minimum atomic E-state index is -0.0382. The van der Waals surface area contributed by atoms with Crippen LogP contribution in [0.2, 0.25) is 0 Å². The quantitative estimate of drug-likeness (QED) is 0.412. The average molecular weight is 225 g/mol. The molecule has 4 heteroatoms. The standard InChI is InChI=1S/C8H13ClOS2/c1-4-7(9)5-12-8(11)10-6(2)3/h4,6-7H,1,5H2,2-3H3. The number of alkyl halides is 1. The predicted octanol–water partition coefficient (Wildman–Crippen LogP) is 3.22. The zero-order chi connectivity index (χ0) is 9.56. The van der Waals surface area contributed by atoms with E-state index in [4.69, 9.17) is 28.6 Å². The minimum Gasteiger partial charge on any atom is -0.476 e. The number of hydrogen-bond donors (Lipinski definition) is 0. The lowest BCUT2D eigenvalue weighted by Gasteiger charge is -2.10. The van der Waals surface area contributed by atoms with E-state index in [9.17, 15) is 0 Å². The summed E-state index contributed by atoms with van der Waals surface area (Å²) in [7, 11) is 0. The van der Waals surface area contributed by atoms with Gasteiger partial charge >= 0.3 is 0 Å². The number of thiocarbonyl (C=S) groups is 1. The van der Waals surface area contributed by atoms with Crippen LogP contribution in [0.15, 0.2) is 12.7 Å². The van der Waals surface area contributed by atoms with Crippen molar-refractivity contribution in [2.24, 2.45) is 0 Å². The third-order valence-electron chi connectivity index (χ3n) is 0.948. The maximum atomic E-state index is 5.79. The number of allylic oxidation sites excluding steroid dienone is 1. The van der Waals surface area contributed by atoms with Crippen LogP contribution in [-0.2, 0) is 4.74 Å². The van der Waals surface area contributed by atoms with E-state index in [1.54, 1.807) is 6.08 Å². The Balaban J connectivity index is 3.50. The number of ether oxygens (including phenoxy) is 1.